The Morgan fingerprint density at radius 3 is 2.81 bits per heavy atom. The molecule has 0 bridgehead atoms. The van der Waals surface area contributed by atoms with Crippen molar-refractivity contribution in [3.05, 3.63) is 29.3 Å². The molecular formula is C20H26N12O8P2+2. The van der Waals surface area contributed by atoms with E-state index < -0.39 is 62.7 Å². The van der Waals surface area contributed by atoms with Crippen LogP contribution in [0.2, 0.25) is 0 Å². The third-order valence-electron chi connectivity index (χ3n) is 7.35. The summed E-state index contributed by atoms with van der Waals surface area (Å²) >= 11 is 0. The lowest BCUT2D eigenvalue weighted by atomic mass is 10.1. The monoisotopic (exact) mass is 624 g/mol. The van der Waals surface area contributed by atoms with E-state index in [0.717, 1.165) is 0 Å². The summed E-state index contributed by atoms with van der Waals surface area (Å²) in [4.78, 5) is 33.9. The van der Waals surface area contributed by atoms with Gasteiger partial charge < -0.3 is 35.7 Å². The third-order valence-corrected chi connectivity index (χ3v) is 9.01. The van der Waals surface area contributed by atoms with E-state index in [9.17, 15) is 19.6 Å². The number of imidazole rings is 2. The van der Waals surface area contributed by atoms with Gasteiger partial charge in [-0.15, -0.1) is 4.52 Å². The van der Waals surface area contributed by atoms with E-state index in [1.54, 1.807) is 10.9 Å². The molecule has 20 nitrogen and oxygen atoms in total. The van der Waals surface area contributed by atoms with Crippen LogP contribution in [-0.2, 0) is 23.1 Å². The molecule has 4 aromatic heterocycles. The minimum Gasteiger partial charge on any atom is -0.386 e. The van der Waals surface area contributed by atoms with E-state index in [0.29, 0.717) is 11.2 Å². The lowest BCUT2D eigenvalue weighted by Crippen LogP contribution is -2.48. The molecule has 10 atom stereocenters. The number of ether oxygens (including phenoxy) is 2. The van der Waals surface area contributed by atoms with Gasteiger partial charge in [0.15, 0.2) is 35.9 Å². The van der Waals surface area contributed by atoms with Crippen LogP contribution in [0.25, 0.3) is 22.3 Å². The summed E-state index contributed by atoms with van der Waals surface area (Å²) < 4.78 is 39.6. The first-order chi connectivity index (χ1) is 20.3. The van der Waals surface area contributed by atoms with E-state index in [1.165, 1.54) is 17.2 Å². The summed E-state index contributed by atoms with van der Waals surface area (Å²) in [6.45, 7) is -0.207. The smallest absolute Gasteiger partial charge is 0.386 e. The minimum atomic E-state index is -2.54. The number of H-pyrrole nitrogens is 2. The number of anilines is 2. The Bertz CT molecular complexity index is 1720. The van der Waals surface area contributed by atoms with Crippen molar-refractivity contribution in [2.75, 3.05) is 24.7 Å². The highest BCUT2D eigenvalue weighted by molar-refractivity contribution is 7.36. The number of fused-ring (bicyclic) bond motifs is 4. The van der Waals surface area contributed by atoms with Gasteiger partial charge in [0.25, 0.3) is 5.56 Å². The van der Waals surface area contributed by atoms with Crippen LogP contribution in [0.5, 0.6) is 0 Å². The number of nitrogens with one attached hydrogen (secondary N) is 4. The van der Waals surface area contributed by atoms with Crippen molar-refractivity contribution < 1.29 is 37.9 Å². The average molecular weight is 624 g/mol. The zero-order valence-corrected chi connectivity index (χ0v) is 23.3. The zero-order valence-electron chi connectivity index (χ0n) is 21.4. The van der Waals surface area contributed by atoms with Gasteiger partial charge >= 0.3 is 13.8 Å². The molecule has 10 unspecified atom stereocenters. The van der Waals surface area contributed by atoms with Gasteiger partial charge in [0.05, 0.1) is 27.9 Å². The molecule has 7 heterocycles. The third kappa shape index (κ3) is 4.62. The fourth-order valence-corrected chi connectivity index (χ4v) is 7.09. The molecule has 22 heteroatoms. The van der Waals surface area contributed by atoms with Gasteiger partial charge in [0.1, 0.15) is 37.1 Å². The first-order valence-electron chi connectivity index (χ1n) is 12.7. The zero-order chi connectivity index (χ0) is 29.1. The van der Waals surface area contributed by atoms with Gasteiger partial charge in [-0.05, 0) is 4.57 Å². The van der Waals surface area contributed by atoms with Crippen LogP contribution in [0.1, 0.15) is 12.5 Å². The molecule has 0 aromatic carbocycles. The lowest BCUT2D eigenvalue weighted by molar-refractivity contribution is -0.745. The van der Waals surface area contributed by atoms with E-state index in [1.807, 2.05) is 0 Å². The predicted octanol–water partition coefficient (Wildman–Crippen LogP) is -2.81. The van der Waals surface area contributed by atoms with E-state index in [2.05, 4.69) is 40.1 Å². The van der Waals surface area contributed by atoms with Gasteiger partial charge in [-0.25, -0.2) is 9.55 Å². The molecule has 3 aliphatic heterocycles. The van der Waals surface area contributed by atoms with E-state index >= 15 is 0 Å². The summed E-state index contributed by atoms with van der Waals surface area (Å²) in [6, 6.07) is -1.57. The molecule has 0 aliphatic carbocycles. The highest BCUT2D eigenvalue weighted by atomic mass is 31.1. The van der Waals surface area contributed by atoms with E-state index in [4.69, 9.17) is 30.0 Å². The van der Waals surface area contributed by atoms with Gasteiger partial charge in [-0.2, -0.15) is 9.97 Å². The fraction of sp³-hybridized carbons (Fsp3) is 0.500. The molecule has 0 amide bonds. The van der Waals surface area contributed by atoms with Crippen LogP contribution >= 0.6 is 17.1 Å². The van der Waals surface area contributed by atoms with Crippen molar-refractivity contribution in [2.45, 2.75) is 49.0 Å². The van der Waals surface area contributed by atoms with Crippen molar-refractivity contribution in [2.24, 2.45) is 0 Å². The standard InChI is InChI=1S/C20H24N12O8P2/c21-14-10-15(24-3-23-14)31(4-25-10)18-12(33)8-7(40-18)2-38-42(36)30-9-6(1-37-41-29-8)39-19(13(9)34)32-5-26-11-16(32)27-20(22)28-17(11)35/h3-9,12-13,18-19,29,33-34,41H,1-2H2,(H5-,21,22,23,24,27,28,30,35,36)/p+2. The Hall–Kier alpha value is -3.29. The normalized spacial score (nSPS) is 33.9. The van der Waals surface area contributed by atoms with Crippen LogP contribution in [0.3, 0.4) is 0 Å². The quantitative estimate of drug-likeness (QED) is 0.0825. The first kappa shape index (κ1) is 27.5. The molecule has 3 fully saturated rings. The molecule has 10 N–H and O–H groups in total. The van der Waals surface area contributed by atoms with E-state index in [-0.39, 0.29) is 45.1 Å². The van der Waals surface area contributed by atoms with Gasteiger partial charge in [0, 0.05) is 0 Å². The first-order valence-corrected chi connectivity index (χ1v) is 14.8. The number of aliphatic hydroxyl groups excluding tert-OH is 2. The number of aromatic nitrogens is 8. The minimum absolute atomic E-state index is 0.0142. The molecule has 222 valence electrons. The molecule has 3 aliphatic rings. The number of nitrogens with zero attached hydrogens (tertiary/aromatic N) is 6. The Morgan fingerprint density at radius 2 is 1.95 bits per heavy atom. The predicted molar refractivity (Wildman–Crippen MR) is 143 cm³/mol. The number of nitrogens with two attached hydrogens (primary N) is 2. The molecule has 3 saturated heterocycles. The summed E-state index contributed by atoms with van der Waals surface area (Å²) in [5.41, 5.74) is 12.1. The van der Waals surface area contributed by atoms with Crippen molar-refractivity contribution >= 4 is 51.2 Å². The van der Waals surface area contributed by atoms with Crippen LogP contribution in [-0.4, -0.2) is 94.4 Å². The second-order valence-corrected chi connectivity index (χ2v) is 11.6. The summed E-state index contributed by atoms with van der Waals surface area (Å²) in [5, 5.41) is 28.3. The molecule has 0 spiro atoms. The highest BCUT2D eigenvalue weighted by Gasteiger charge is 2.52. The van der Waals surface area contributed by atoms with Crippen molar-refractivity contribution in [1.29, 1.82) is 0 Å². The lowest BCUT2D eigenvalue weighted by Gasteiger charge is -2.22. The summed E-state index contributed by atoms with van der Waals surface area (Å²) in [5.74, 6) is 0.112. The van der Waals surface area contributed by atoms with Crippen LogP contribution in [0, 0.1) is 0 Å². The topological polar surface area (TPSA) is 280 Å². The van der Waals surface area contributed by atoms with Crippen LogP contribution in [0.15, 0.2) is 23.8 Å². The van der Waals surface area contributed by atoms with Crippen molar-refractivity contribution in [3.63, 3.8) is 0 Å². The molecule has 42 heavy (non-hydrogen) atoms. The van der Waals surface area contributed by atoms with Gasteiger partial charge in [0.2, 0.25) is 17.7 Å². The maximum Gasteiger partial charge on any atom is 0.613 e. The average Bonchev–Trinajstić information content (AvgIpc) is 3.71. The maximum atomic E-state index is 13.0. The van der Waals surface area contributed by atoms with Crippen LogP contribution in [0.4, 0.5) is 11.8 Å². The molecule has 0 saturated carbocycles. The maximum absolute atomic E-state index is 13.0. The summed E-state index contributed by atoms with van der Waals surface area (Å²) in [6.07, 6.45) is -1.65. The Kier molecular flexibility index (Phi) is 7.06. The fourth-order valence-electron chi connectivity index (χ4n) is 5.34. The number of rotatable bonds is 2. The molecule has 7 rings (SSSR count). The SMILES string of the molecule is Nc1nc2c(ncn2C2OC3COPNC4C(CO[P+](=O)NC3C2O)OC([n+]2c[nH]c3c(N)ncnc32)C4O)c(=O)[nH]1. The number of aromatic amines is 2. The highest BCUT2D eigenvalue weighted by Crippen LogP contribution is 2.37. The largest absolute Gasteiger partial charge is 0.613 e. The number of nitrogen functional groups attached to an aromatic ring is 2. The van der Waals surface area contributed by atoms with Gasteiger partial charge in [-0.1, -0.05) is 10.1 Å². The Morgan fingerprint density at radius 1 is 1.12 bits per heavy atom. The Labute approximate surface area is 237 Å². The van der Waals surface area contributed by atoms with Gasteiger partial charge in [-0.3, -0.25) is 24.4 Å². The number of hydrogen-bond donors (Lipinski definition) is 8. The second kappa shape index (κ2) is 10.8. The molecule has 0 radical (unpaired) electrons. The molecular weight excluding hydrogens is 598 g/mol. The van der Waals surface area contributed by atoms with Crippen LogP contribution < -0.4 is 31.8 Å². The number of hydrogen-bond acceptors (Lipinski definition) is 15. The Balaban J connectivity index is 1.10. The van der Waals surface area contributed by atoms with Crippen molar-refractivity contribution in [1.82, 2.24) is 44.6 Å². The second-order valence-electron chi connectivity index (χ2n) is 9.82. The summed E-state index contributed by atoms with van der Waals surface area (Å²) in [7, 11) is -2.86. The number of aliphatic hydroxyl groups is 2. The van der Waals surface area contributed by atoms with Crippen molar-refractivity contribution in [3.8, 4) is 0 Å². The molecule has 4 aromatic rings.